The summed E-state index contributed by atoms with van der Waals surface area (Å²) < 4.78 is 13.1. The number of aliphatic hydroxyl groups is 1. The number of rotatable bonds is 4. The van der Waals surface area contributed by atoms with Crippen molar-refractivity contribution in [1.29, 1.82) is 0 Å². The molecule has 1 amide bonds. The zero-order chi connectivity index (χ0) is 11.4. The van der Waals surface area contributed by atoms with Gasteiger partial charge in [-0.25, -0.2) is 4.39 Å². The molecule has 15 heavy (non-hydrogen) atoms. The topological polar surface area (TPSA) is 66.4 Å². The Morgan fingerprint density at radius 1 is 1.60 bits per heavy atom. The minimum absolute atomic E-state index is 0.0138. The Balaban J connectivity index is 2.91. The van der Waals surface area contributed by atoms with Gasteiger partial charge in [-0.15, -0.1) is 0 Å². The zero-order valence-electron chi connectivity index (χ0n) is 8.03. The molecule has 0 saturated heterocycles. The normalized spacial score (nSPS) is 11.9. The Morgan fingerprint density at radius 3 is 2.80 bits per heavy atom. The van der Waals surface area contributed by atoms with Crippen molar-refractivity contribution in [2.75, 3.05) is 0 Å². The maximum absolute atomic E-state index is 13.1. The van der Waals surface area contributed by atoms with E-state index in [9.17, 15) is 14.0 Å². The van der Waals surface area contributed by atoms with Crippen LogP contribution in [0.5, 0.6) is 0 Å². The molecule has 80 valence electrons. The first-order valence-corrected chi connectivity index (χ1v) is 4.24. The Bertz CT molecular complexity index is 392. The summed E-state index contributed by atoms with van der Waals surface area (Å²) in [7, 11) is 0. The quantitative estimate of drug-likeness (QED) is 0.430. The highest BCUT2D eigenvalue weighted by molar-refractivity contribution is 5.99. The number of carbonyl (C=O) groups is 2. The van der Waals surface area contributed by atoms with Crippen molar-refractivity contribution in [2.45, 2.75) is 13.2 Å². The third-order valence-corrected chi connectivity index (χ3v) is 1.93. The van der Waals surface area contributed by atoms with Gasteiger partial charge in [0.25, 0.3) is 0 Å². The van der Waals surface area contributed by atoms with Crippen LogP contribution >= 0.6 is 0 Å². The number of aliphatic hydroxyl groups excluding tert-OH is 1. The molecule has 0 bridgehead atoms. The van der Waals surface area contributed by atoms with Gasteiger partial charge in [0.05, 0.1) is 0 Å². The maximum Gasteiger partial charge on any atom is 0.211 e. The van der Waals surface area contributed by atoms with Gasteiger partial charge in [-0.05, 0) is 18.6 Å². The number of hydrogen-bond acceptors (Lipinski definition) is 3. The highest BCUT2D eigenvalue weighted by Crippen LogP contribution is 2.10. The number of aryl methyl sites for hydroxylation is 1. The van der Waals surface area contributed by atoms with Crippen molar-refractivity contribution in [2.24, 2.45) is 0 Å². The SMILES string of the molecule is Cc1ccc(C(=O)C(O)NC=O)cc1F. The molecule has 0 radical (unpaired) electrons. The van der Waals surface area contributed by atoms with E-state index < -0.39 is 17.8 Å². The summed E-state index contributed by atoms with van der Waals surface area (Å²) in [5.74, 6) is -1.28. The molecule has 0 aliphatic heterocycles. The number of hydrogen-bond donors (Lipinski definition) is 2. The lowest BCUT2D eigenvalue weighted by Gasteiger charge is -2.08. The lowest BCUT2D eigenvalue weighted by atomic mass is 10.1. The van der Waals surface area contributed by atoms with E-state index in [2.05, 4.69) is 0 Å². The van der Waals surface area contributed by atoms with E-state index in [4.69, 9.17) is 5.11 Å². The monoisotopic (exact) mass is 211 g/mol. The molecule has 0 aliphatic rings. The van der Waals surface area contributed by atoms with Crippen molar-refractivity contribution < 1.29 is 19.1 Å². The Morgan fingerprint density at radius 2 is 2.27 bits per heavy atom. The second-order valence-corrected chi connectivity index (χ2v) is 3.02. The molecule has 0 aromatic heterocycles. The summed E-state index contributed by atoms with van der Waals surface area (Å²) in [6.45, 7) is 1.56. The fraction of sp³-hybridized carbons (Fsp3) is 0.200. The predicted molar refractivity (Wildman–Crippen MR) is 50.7 cm³/mol. The van der Waals surface area contributed by atoms with Gasteiger partial charge in [-0.1, -0.05) is 12.1 Å². The minimum Gasteiger partial charge on any atom is -0.367 e. The van der Waals surface area contributed by atoms with E-state index in [1.165, 1.54) is 12.1 Å². The molecule has 0 spiro atoms. The van der Waals surface area contributed by atoms with Crippen LogP contribution in [-0.2, 0) is 4.79 Å². The first-order chi connectivity index (χ1) is 7.06. The van der Waals surface area contributed by atoms with Crippen molar-refractivity contribution >= 4 is 12.2 Å². The van der Waals surface area contributed by atoms with Crippen molar-refractivity contribution in [3.05, 3.63) is 35.1 Å². The van der Waals surface area contributed by atoms with Gasteiger partial charge >= 0.3 is 0 Å². The molecule has 4 nitrogen and oxygen atoms in total. The minimum atomic E-state index is -1.63. The van der Waals surface area contributed by atoms with Gasteiger partial charge in [0.2, 0.25) is 12.2 Å². The second kappa shape index (κ2) is 4.65. The number of halogens is 1. The number of nitrogens with one attached hydrogen (secondary N) is 1. The molecule has 1 atom stereocenters. The van der Waals surface area contributed by atoms with Gasteiger partial charge in [0, 0.05) is 5.56 Å². The average molecular weight is 211 g/mol. The van der Waals surface area contributed by atoms with Crippen LogP contribution in [0.1, 0.15) is 15.9 Å². The fourth-order valence-electron chi connectivity index (χ4n) is 1.04. The summed E-state index contributed by atoms with van der Waals surface area (Å²) in [6.07, 6.45) is -1.43. The number of benzene rings is 1. The van der Waals surface area contributed by atoms with E-state index >= 15 is 0 Å². The molecule has 1 rings (SSSR count). The largest absolute Gasteiger partial charge is 0.367 e. The number of Topliss-reactive ketones (excluding diaryl/α,β-unsaturated/α-hetero) is 1. The van der Waals surface area contributed by atoms with E-state index in [-0.39, 0.29) is 12.0 Å². The van der Waals surface area contributed by atoms with Crippen molar-refractivity contribution in [3.8, 4) is 0 Å². The molecule has 2 N–H and O–H groups in total. The van der Waals surface area contributed by atoms with Crippen LogP contribution in [0, 0.1) is 12.7 Å². The van der Waals surface area contributed by atoms with E-state index in [1.54, 1.807) is 6.92 Å². The number of ketones is 1. The lowest BCUT2D eigenvalue weighted by Crippen LogP contribution is -2.35. The summed E-state index contributed by atoms with van der Waals surface area (Å²) in [6, 6.07) is 3.83. The summed E-state index contributed by atoms with van der Waals surface area (Å²) in [5, 5.41) is 11.0. The lowest BCUT2D eigenvalue weighted by molar-refractivity contribution is -0.111. The zero-order valence-corrected chi connectivity index (χ0v) is 8.03. The smallest absolute Gasteiger partial charge is 0.211 e. The molecule has 5 heteroatoms. The average Bonchev–Trinajstić information content (AvgIpc) is 2.21. The highest BCUT2D eigenvalue weighted by atomic mass is 19.1. The van der Waals surface area contributed by atoms with Crippen LogP contribution in [0.3, 0.4) is 0 Å². The highest BCUT2D eigenvalue weighted by Gasteiger charge is 2.16. The molecule has 1 aromatic carbocycles. The Labute approximate surface area is 85.7 Å². The third-order valence-electron chi connectivity index (χ3n) is 1.93. The van der Waals surface area contributed by atoms with Crippen molar-refractivity contribution in [3.63, 3.8) is 0 Å². The van der Waals surface area contributed by atoms with Gasteiger partial charge in [-0.2, -0.15) is 0 Å². The van der Waals surface area contributed by atoms with E-state index in [0.29, 0.717) is 5.56 Å². The second-order valence-electron chi connectivity index (χ2n) is 3.02. The number of carbonyl (C=O) groups excluding carboxylic acids is 2. The Hall–Kier alpha value is -1.75. The maximum atomic E-state index is 13.1. The van der Waals surface area contributed by atoms with Crippen LogP contribution in [0.15, 0.2) is 18.2 Å². The summed E-state index contributed by atoms with van der Waals surface area (Å²) >= 11 is 0. The standard InChI is InChI=1S/C10H10FNO3/c1-6-2-3-7(4-8(6)11)9(14)10(15)12-5-13/h2-5,10,15H,1H3,(H,12,13). The van der Waals surface area contributed by atoms with Crippen LogP contribution in [0.2, 0.25) is 0 Å². The molecule has 0 saturated carbocycles. The molecular formula is C10H10FNO3. The van der Waals surface area contributed by atoms with Gasteiger partial charge in [0.15, 0.2) is 6.23 Å². The van der Waals surface area contributed by atoms with E-state index in [0.717, 1.165) is 6.07 Å². The molecule has 1 unspecified atom stereocenters. The molecule has 0 fully saturated rings. The molecular weight excluding hydrogens is 201 g/mol. The van der Waals surface area contributed by atoms with Crippen molar-refractivity contribution in [1.82, 2.24) is 5.32 Å². The predicted octanol–water partition coefficient (Wildman–Crippen LogP) is 0.381. The first-order valence-electron chi connectivity index (χ1n) is 4.24. The third kappa shape index (κ3) is 2.60. The van der Waals surface area contributed by atoms with Crippen LogP contribution in [0.4, 0.5) is 4.39 Å². The van der Waals surface area contributed by atoms with Crippen LogP contribution in [-0.4, -0.2) is 23.5 Å². The van der Waals surface area contributed by atoms with Gasteiger partial charge in [0.1, 0.15) is 5.82 Å². The fourth-order valence-corrected chi connectivity index (χ4v) is 1.04. The first kappa shape index (κ1) is 11.3. The Kier molecular flexibility index (Phi) is 3.51. The molecule has 1 aromatic rings. The van der Waals surface area contributed by atoms with Crippen LogP contribution in [0.25, 0.3) is 0 Å². The van der Waals surface area contributed by atoms with Crippen LogP contribution < -0.4 is 5.32 Å². The summed E-state index contributed by atoms with van der Waals surface area (Å²) in [4.78, 5) is 21.3. The van der Waals surface area contributed by atoms with Gasteiger partial charge in [-0.3, -0.25) is 9.59 Å². The van der Waals surface area contributed by atoms with Gasteiger partial charge < -0.3 is 10.4 Å². The molecule has 0 aliphatic carbocycles. The molecule has 0 heterocycles. The number of amides is 1. The summed E-state index contributed by atoms with van der Waals surface area (Å²) in [5.41, 5.74) is 0.421. The van der Waals surface area contributed by atoms with E-state index in [1.807, 2.05) is 5.32 Å².